The van der Waals surface area contributed by atoms with E-state index in [1.54, 1.807) is 24.3 Å². The van der Waals surface area contributed by atoms with E-state index in [9.17, 15) is 9.90 Å². The van der Waals surface area contributed by atoms with Crippen LogP contribution in [0.3, 0.4) is 0 Å². The molecule has 4 nitrogen and oxygen atoms in total. The van der Waals surface area contributed by atoms with Crippen molar-refractivity contribution in [3.05, 3.63) is 59.7 Å². The molecule has 0 radical (unpaired) electrons. The molecule has 3 rings (SSSR count). The smallest absolute Gasteiger partial charge is 0.265 e. The van der Waals surface area contributed by atoms with Crippen LogP contribution in [0.25, 0.3) is 0 Å². The minimum atomic E-state index is -1.63. The maximum absolute atomic E-state index is 12.3. The van der Waals surface area contributed by atoms with Crippen LogP contribution in [0.2, 0.25) is 0 Å². The number of rotatable bonds is 3. The Morgan fingerprint density at radius 2 is 1.74 bits per heavy atom. The van der Waals surface area contributed by atoms with Gasteiger partial charge in [0.05, 0.1) is 0 Å². The second-order valence-electron chi connectivity index (χ2n) is 6.69. The van der Waals surface area contributed by atoms with Crippen molar-refractivity contribution in [3.8, 4) is 0 Å². The van der Waals surface area contributed by atoms with Crippen LogP contribution < -0.4 is 10.0 Å². The number of hydrogen-bond acceptors (Lipinski definition) is 4. The molecular weight excluding hydrogens is 308 g/mol. The number of aliphatic hydroxyl groups is 1. The highest BCUT2D eigenvalue weighted by molar-refractivity contribution is 7.97. The van der Waals surface area contributed by atoms with Gasteiger partial charge in [0.25, 0.3) is 5.91 Å². The number of hydrogen-bond donors (Lipinski definition) is 3. The molecule has 23 heavy (non-hydrogen) atoms. The van der Waals surface area contributed by atoms with Crippen LogP contribution >= 0.6 is 11.9 Å². The molecule has 0 bridgehead atoms. The lowest BCUT2D eigenvalue weighted by Gasteiger charge is -2.22. The lowest BCUT2D eigenvalue weighted by atomic mass is 9.88. The SMILES string of the molecule is CC(C)(C)NSc1ccc(C2(O)C(=O)Nc3ccccc32)cc1. The van der Waals surface area contributed by atoms with Crippen molar-refractivity contribution in [2.75, 3.05) is 5.32 Å². The zero-order valence-electron chi connectivity index (χ0n) is 13.4. The predicted octanol–water partition coefficient (Wildman–Crippen LogP) is 3.27. The van der Waals surface area contributed by atoms with Gasteiger partial charge in [-0.2, -0.15) is 0 Å². The number of amides is 1. The third-order valence-electron chi connectivity index (χ3n) is 3.64. The minimum absolute atomic E-state index is 0.00577. The molecule has 1 amide bonds. The van der Waals surface area contributed by atoms with E-state index in [0.717, 1.165) is 4.90 Å². The Labute approximate surface area is 140 Å². The Kier molecular flexibility index (Phi) is 3.96. The van der Waals surface area contributed by atoms with Crippen LogP contribution in [0.5, 0.6) is 0 Å². The fraction of sp³-hybridized carbons (Fsp3) is 0.278. The summed E-state index contributed by atoms with van der Waals surface area (Å²) in [5, 5.41) is 13.7. The lowest BCUT2D eigenvalue weighted by molar-refractivity contribution is -0.129. The van der Waals surface area contributed by atoms with Gasteiger partial charge in [0.1, 0.15) is 0 Å². The standard InChI is InChI=1S/C18H20N2O2S/c1-17(2,3)20-23-13-10-8-12(9-11-13)18(22)14-6-4-5-7-15(14)19-16(18)21/h4-11,20,22H,1-3H3,(H,19,21). The Hall–Kier alpha value is -1.82. The van der Waals surface area contributed by atoms with Crippen molar-refractivity contribution in [3.63, 3.8) is 0 Å². The quantitative estimate of drug-likeness (QED) is 0.757. The number of carbonyl (C=O) groups is 1. The minimum Gasteiger partial charge on any atom is -0.372 e. The zero-order chi connectivity index (χ0) is 16.7. The molecule has 0 spiro atoms. The molecule has 3 N–H and O–H groups in total. The van der Waals surface area contributed by atoms with E-state index in [-0.39, 0.29) is 5.54 Å². The average molecular weight is 328 g/mol. The summed E-state index contributed by atoms with van der Waals surface area (Å²) < 4.78 is 3.34. The second-order valence-corrected chi connectivity index (χ2v) is 7.57. The molecule has 2 aromatic rings. The summed E-state index contributed by atoms with van der Waals surface area (Å²) in [5.74, 6) is -0.410. The third kappa shape index (κ3) is 3.00. The number of para-hydroxylation sites is 1. The lowest BCUT2D eigenvalue weighted by Crippen LogP contribution is -2.35. The van der Waals surface area contributed by atoms with E-state index >= 15 is 0 Å². The van der Waals surface area contributed by atoms with E-state index < -0.39 is 11.5 Å². The molecule has 2 aromatic carbocycles. The van der Waals surface area contributed by atoms with Gasteiger partial charge < -0.3 is 10.4 Å². The largest absolute Gasteiger partial charge is 0.372 e. The average Bonchev–Trinajstić information content (AvgIpc) is 2.78. The molecule has 0 saturated heterocycles. The topological polar surface area (TPSA) is 61.4 Å². The van der Waals surface area contributed by atoms with Crippen LogP contribution in [0.4, 0.5) is 5.69 Å². The van der Waals surface area contributed by atoms with E-state index in [1.165, 1.54) is 11.9 Å². The monoisotopic (exact) mass is 328 g/mol. The summed E-state index contributed by atoms with van der Waals surface area (Å²) in [5.41, 5.74) is 0.203. The van der Waals surface area contributed by atoms with Crippen molar-refractivity contribution in [2.45, 2.75) is 36.8 Å². The van der Waals surface area contributed by atoms with E-state index in [4.69, 9.17) is 0 Å². The van der Waals surface area contributed by atoms with Crippen LogP contribution in [-0.4, -0.2) is 16.6 Å². The van der Waals surface area contributed by atoms with Crippen molar-refractivity contribution >= 4 is 23.5 Å². The summed E-state index contributed by atoms with van der Waals surface area (Å²) in [7, 11) is 0. The van der Waals surface area contributed by atoms with Crippen molar-refractivity contribution in [1.29, 1.82) is 0 Å². The zero-order valence-corrected chi connectivity index (χ0v) is 14.2. The van der Waals surface area contributed by atoms with Crippen LogP contribution in [0, 0.1) is 0 Å². The number of fused-ring (bicyclic) bond motifs is 1. The fourth-order valence-corrected chi connectivity index (χ4v) is 3.20. The first-order chi connectivity index (χ1) is 10.8. The fourth-order valence-electron chi connectivity index (χ4n) is 2.51. The molecule has 0 fully saturated rings. The first-order valence-corrected chi connectivity index (χ1v) is 8.30. The molecule has 1 aliphatic heterocycles. The molecule has 0 aromatic heterocycles. The molecule has 0 saturated carbocycles. The normalized spacial score (nSPS) is 20.3. The van der Waals surface area contributed by atoms with Gasteiger partial charge in [0.15, 0.2) is 5.60 Å². The first kappa shape index (κ1) is 16.1. The molecule has 5 heteroatoms. The van der Waals surface area contributed by atoms with Crippen molar-refractivity contribution in [2.24, 2.45) is 0 Å². The summed E-state index contributed by atoms with van der Waals surface area (Å²) in [6.45, 7) is 6.28. The molecule has 1 atom stereocenters. The van der Waals surface area contributed by atoms with Gasteiger partial charge in [-0.1, -0.05) is 30.3 Å². The van der Waals surface area contributed by atoms with Gasteiger partial charge in [0.2, 0.25) is 0 Å². The Morgan fingerprint density at radius 3 is 2.39 bits per heavy atom. The van der Waals surface area contributed by atoms with E-state index in [1.807, 2.05) is 24.3 Å². The first-order valence-electron chi connectivity index (χ1n) is 7.48. The van der Waals surface area contributed by atoms with Gasteiger partial charge in [-0.25, -0.2) is 0 Å². The Morgan fingerprint density at radius 1 is 1.09 bits per heavy atom. The number of benzene rings is 2. The highest BCUT2D eigenvalue weighted by Gasteiger charge is 2.46. The second kappa shape index (κ2) is 5.67. The van der Waals surface area contributed by atoms with E-state index in [0.29, 0.717) is 16.8 Å². The number of carbonyl (C=O) groups excluding carboxylic acids is 1. The van der Waals surface area contributed by atoms with Gasteiger partial charge in [-0.15, -0.1) is 0 Å². The Bertz CT molecular complexity index is 737. The molecule has 1 aliphatic rings. The number of anilines is 1. The van der Waals surface area contributed by atoms with Crippen LogP contribution in [0.15, 0.2) is 53.4 Å². The summed E-state index contributed by atoms with van der Waals surface area (Å²) in [6.07, 6.45) is 0. The van der Waals surface area contributed by atoms with E-state index in [2.05, 4.69) is 30.8 Å². The van der Waals surface area contributed by atoms with Crippen molar-refractivity contribution in [1.82, 2.24) is 4.72 Å². The molecule has 1 heterocycles. The van der Waals surface area contributed by atoms with Crippen LogP contribution in [0.1, 0.15) is 31.9 Å². The maximum Gasteiger partial charge on any atom is 0.265 e. The Balaban J connectivity index is 1.89. The van der Waals surface area contributed by atoms with Gasteiger partial charge in [-0.05, 0) is 56.5 Å². The molecule has 0 aliphatic carbocycles. The van der Waals surface area contributed by atoms with Gasteiger partial charge >= 0.3 is 0 Å². The molecular formula is C18H20N2O2S. The summed E-state index contributed by atoms with van der Waals surface area (Å²) >= 11 is 1.53. The number of nitrogens with one attached hydrogen (secondary N) is 2. The van der Waals surface area contributed by atoms with Crippen LogP contribution in [-0.2, 0) is 10.4 Å². The molecule has 1 unspecified atom stereocenters. The maximum atomic E-state index is 12.3. The van der Waals surface area contributed by atoms with Gasteiger partial charge in [-0.3, -0.25) is 9.52 Å². The van der Waals surface area contributed by atoms with Crippen molar-refractivity contribution < 1.29 is 9.90 Å². The summed E-state index contributed by atoms with van der Waals surface area (Å²) in [6, 6.07) is 14.6. The summed E-state index contributed by atoms with van der Waals surface area (Å²) in [4.78, 5) is 13.3. The highest BCUT2D eigenvalue weighted by Crippen LogP contribution is 2.40. The molecule has 120 valence electrons. The third-order valence-corrected chi connectivity index (χ3v) is 4.86. The van der Waals surface area contributed by atoms with Gasteiger partial charge in [0, 0.05) is 21.7 Å². The predicted molar refractivity (Wildman–Crippen MR) is 93.3 cm³/mol. The highest BCUT2D eigenvalue weighted by atomic mass is 32.2.